The molecule has 0 aromatic heterocycles. The van der Waals surface area contributed by atoms with E-state index in [0.29, 0.717) is 23.4 Å². The normalized spacial score (nSPS) is 21.7. The van der Waals surface area contributed by atoms with E-state index >= 15 is 0 Å². The summed E-state index contributed by atoms with van der Waals surface area (Å²) < 4.78 is 0. The highest BCUT2D eigenvalue weighted by Gasteiger charge is 2.36. The minimum Gasteiger partial charge on any atom is -0.349 e. The van der Waals surface area contributed by atoms with Crippen LogP contribution in [0.15, 0.2) is 47.2 Å². The molecule has 3 nitrogen and oxygen atoms in total. The Morgan fingerprint density at radius 1 is 1.29 bits per heavy atom. The number of Topliss-reactive ketones (excluding diaryl/α,β-unsaturated/α-hetero) is 1. The van der Waals surface area contributed by atoms with E-state index in [1.165, 1.54) is 0 Å². The van der Waals surface area contributed by atoms with Crippen LogP contribution in [-0.2, 0) is 11.2 Å². The van der Waals surface area contributed by atoms with Crippen molar-refractivity contribution in [2.75, 3.05) is 0 Å². The first-order valence-corrected chi connectivity index (χ1v) is 7.52. The zero-order chi connectivity index (χ0) is 14.8. The predicted octanol–water partition coefficient (Wildman–Crippen LogP) is 2.96. The molecule has 0 saturated heterocycles. The maximum absolute atomic E-state index is 12.4. The van der Waals surface area contributed by atoms with Crippen molar-refractivity contribution in [3.8, 4) is 0 Å². The van der Waals surface area contributed by atoms with Gasteiger partial charge in [0.25, 0.3) is 0 Å². The second kappa shape index (κ2) is 5.76. The molecule has 1 aromatic carbocycles. The monoisotopic (exact) mass is 296 g/mol. The summed E-state index contributed by atoms with van der Waals surface area (Å²) in [6.07, 6.45) is 3.01. The van der Waals surface area contributed by atoms with Crippen LogP contribution >= 0.6 is 12.2 Å². The number of ketones is 1. The molecule has 1 atom stereocenters. The number of carbonyl (C=O) groups is 1. The quantitative estimate of drug-likeness (QED) is 0.501. The van der Waals surface area contributed by atoms with Gasteiger partial charge >= 0.3 is 0 Å². The van der Waals surface area contributed by atoms with Crippen LogP contribution in [0.2, 0.25) is 0 Å². The minimum atomic E-state index is -0.138. The molecule has 4 heteroatoms. The van der Waals surface area contributed by atoms with Crippen molar-refractivity contribution in [3.63, 3.8) is 0 Å². The standard InChI is InChI=1S/C17H16N2OS/c18-10-13-12(9-11-5-2-1-3-6-11)16-14(19-17(13)21)7-4-8-15(16)20/h1-3,5-6,12,18H,4,7-9H2,(H,19,21)/t12-/m0/s1. The van der Waals surface area contributed by atoms with Crippen molar-refractivity contribution < 1.29 is 4.79 Å². The summed E-state index contributed by atoms with van der Waals surface area (Å²) in [5.74, 6) is 2.50. The maximum atomic E-state index is 12.4. The number of nitrogens with one attached hydrogen (secondary N) is 2. The van der Waals surface area contributed by atoms with E-state index < -0.39 is 0 Å². The lowest BCUT2D eigenvalue weighted by Crippen LogP contribution is -2.39. The van der Waals surface area contributed by atoms with E-state index in [1.807, 2.05) is 30.3 Å². The summed E-state index contributed by atoms with van der Waals surface area (Å²) >= 11 is 5.35. The number of carbonyl (C=O) groups excluding carboxylic acids is 1. The van der Waals surface area contributed by atoms with Crippen LogP contribution in [0.1, 0.15) is 24.8 Å². The first-order chi connectivity index (χ1) is 10.2. The van der Waals surface area contributed by atoms with Crippen molar-refractivity contribution in [2.45, 2.75) is 25.7 Å². The van der Waals surface area contributed by atoms with Gasteiger partial charge in [-0.1, -0.05) is 42.5 Å². The van der Waals surface area contributed by atoms with E-state index in [4.69, 9.17) is 17.6 Å². The minimum absolute atomic E-state index is 0.138. The average molecular weight is 296 g/mol. The third kappa shape index (κ3) is 2.60. The van der Waals surface area contributed by atoms with Crippen molar-refractivity contribution in [3.05, 3.63) is 52.7 Å². The molecular formula is C17H16N2OS. The highest BCUT2D eigenvalue weighted by Crippen LogP contribution is 2.35. The fourth-order valence-electron chi connectivity index (χ4n) is 3.10. The van der Waals surface area contributed by atoms with Crippen LogP contribution in [0, 0.1) is 11.3 Å². The van der Waals surface area contributed by atoms with Crippen LogP contribution in [0.4, 0.5) is 0 Å². The lowest BCUT2D eigenvalue weighted by Gasteiger charge is -2.33. The zero-order valence-electron chi connectivity index (χ0n) is 11.6. The maximum Gasteiger partial charge on any atom is 0.161 e. The van der Waals surface area contributed by atoms with Gasteiger partial charge in [-0.05, 0) is 30.7 Å². The second-order valence-electron chi connectivity index (χ2n) is 5.40. The van der Waals surface area contributed by atoms with Crippen LogP contribution in [0.3, 0.4) is 0 Å². The van der Waals surface area contributed by atoms with Gasteiger partial charge in [0.1, 0.15) is 4.99 Å². The Bertz CT molecular complexity index is 684. The molecule has 21 heavy (non-hydrogen) atoms. The Hall–Kier alpha value is -2.03. The van der Waals surface area contributed by atoms with Crippen LogP contribution < -0.4 is 5.32 Å². The fraction of sp³-hybridized carbons (Fsp3) is 0.294. The number of benzene rings is 1. The smallest absolute Gasteiger partial charge is 0.161 e. The van der Waals surface area contributed by atoms with Gasteiger partial charge in [0.05, 0.1) is 5.57 Å². The van der Waals surface area contributed by atoms with E-state index in [-0.39, 0.29) is 11.7 Å². The first-order valence-electron chi connectivity index (χ1n) is 7.12. The Morgan fingerprint density at radius 2 is 2.05 bits per heavy atom. The SMILES string of the molecule is N=C=C1C(=S)NC2=C(C(=O)CCC2)[C@H]1Cc1ccccc1. The molecular weight excluding hydrogens is 280 g/mol. The lowest BCUT2D eigenvalue weighted by atomic mass is 9.76. The summed E-state index contributed by atoms with van der Waals surface area (Å²) in [4.78, 5) is 12.9. The summed E-state index contributed by atoms with van der Waals surface area (Å²) in [7, 11) is 0. The van der Waals surface area contributed by atoms with Gasteiger partial charge in [0.15, 0.2) is 5.78 Å². The predicted molar refractivity (Wildman–Crippen MR) is 86.5 cm³/mol. The molecule has 1 aromatic rings. The van der Waals surface area contributed by atoms with Gasteiger partial charge in [-0.2, -0.15) is 0 Å². The van der Waals surface area contributed by atoms with Crippen LogP contribution in [-0.4, -0.2) is 16.6 Å². The summed E-state index contributed by atoms with van der Waals surface area (Å²) in [6.45, 7) is 0. The number of hydrogen-bond acceptors (Lipinski definition) is 3. The molecule has 0 amide bonds. The van der Waals surface area contributed by atoms with Crippen LogP contribution in [0.5, 0.6) is 0 Å². The zero-order valence-corrected chi connectivity index (χ0v) is 12.4. The highest BCUT2D eigenvalue weighted by molar-refractivity contribution is 7.80. The molecule has 1 aliphatic heterocycles. The van der Waals surface area contributed by atoms with Crippen molar-refractivity contribution >= 4 is 28.9 Å². The summed E-state index contributed by atoms with van der Waals surface area (Å²) in [5.41, 5.74) is 3.54. The first kappa shape index (κ1) is 13.9. The Kier molecular flexibility index (Phi) is 3.82. The Labute approximate surface area is 129 Å². The molecule has 0 unspecified atom stereocenters. The second-order valence-corrected chi connectivity index (χ2v) is 5.81. The van der Waals surface area contributed by atoms with Gasteiger partial charge in [0.2, 0.25) is 0 Å². The molecule has 1 aliphatic carbocycles. The van der Waals surface area contributed by atoms with Crippen molar-refractivity contribution in [1.29, 1.82) is 5.41 Å². The molecule has 0 fully saturated rings. The molecule has 0 saturated carbocycles. The largest absolute Gasteiger partial charge is 0.349 e. The Morgan fingerprint density at radius 3 is 2.76 bits per heavy atom. The molecule has 2 aliphatic rings. The van der Waals surface area contributed by atoms with E-state index in [0.717, 1.165) is 29.7 Å². The Balaban J connectivity index is 2.05. The molecule has 1 heterocycles. The van der Waals surface area contributed by atoms with Crippen molar-refractivity contribution in [1.82, 2.24) is 5.32 Å². The molecule has 0 spiro atoms. The number of allylic oxidation sites excluding steroid dienone is 2. The van der Waals surface area contributed by atoms with Crippen molar-refractivity contribution in [2.24, 2.45) is 5.92 Å². The average Bonchev–Trinajstić information content (AvgIpc) is 2.48. The van der Waals surface area contributed by atoms with Gasteiger partial charge in [-0.3, -0.25) is 10.2 Å². The molecule has 0 bridgehead atoms. The topological polar surface area (TPSA) is 53.0 Å². The summed E-state index contributed by atoms with van der Waals surface area (Å²) in [5, 5.41) is 10.7. The van der Waals surface area contributed by atoms with E-state index in [1.54, 1.807) is 0 Å². The number of hydrogen-bond donors (Lipinski definition) is 2. The third-order valence-electron chi connectivity index (χ3n) is 4.08. The molecule has 3 rings (SSSR count). The van der Waals surface area contributed by atoms with E-state index in [9.17, 15) is 4.79 Å². The fourth-order valence-corrected chi connectivity index (χ4v) is 3.42. The van der Waals surface area contributed by atoms with Crippen LogP contribution in [0.25, 0.3) is 0 Å². The summed E-state index contributed by atoms with van der Waals surface area (Å²) in [6, 6.07) is 10.0. The van der Waals surface area contributed by atoms with Gasteiger partial charge in [0, 0.05) is 23.6 Å². The van der Waals surface area contributed by atoms with Gasteiger partial charge in [-0.25, -0.2) is 0 Å². The molecule has 2 N–H and O–H groups in total. The third-order valence-corrected chi connectivity index (χ3v) is 4.40. The van der Waals surface area contributed by atoms with Gasteiger partial charge < -0.3 is 5.32 Å². The van der Waals surface area contributed by atoms with Gasteiger partial charge in [-0.15, -0.1) is 0 Å². The highest BCUT2D eigenvalue weighted by atomic mass is 32.1. The molecule has 0 radical (unpaired) electrons. The lowest BCUT2D eigenvalue weighted by molar-refractivity contribution is -0.116. The number of rotatable bonds is 2. The number of thiocarbonyl (C=S) groups is 1. The van der Waals surface area contributed by atoms with E-state index in [2.05, 4.69) is 11.2 Å². The molecule has 106 valence electrons.